The highest BCUT2D eigenvalue weighted by atomic mass is 16.4. The lowest BCUT2D eigenvalue weighted by Gasteiger charge is -2.18. The Morgan fingerprint density at radius 3 is 2.41 bits per heavy atom. The molecule has 1 atom stereocenters. The number of carbonyl (C=O) groups excluding carboxylic acids is 1. The molecule has 0 saturated carbocycles. The summed E-state index contributed by atoms with van der Waals surface area (Å²) >= 11 is 0. The van der Waals surface area contributed by atoms with Crippen molar-refractivity contribution < 1.29 is 23.5 Å². The number of benzene rings is 1. The lowest BCUT2D eigenvalue weighted by Crippen LogP contribution is -2.44. The molecule has 1 amide bonds. The van der Waals surface area contributed by atoms with Gasteiger partial charge in [-0.05, 0) is 50.3 Å². The zero-order chi connectivity index (χ0) is 21.5. The molecule has 0 unspecified atom stereocenters. The molecule has 154 valence electrons. The molecule has 7 heteroatoms. The second-order valence-electron chi connectivity index (χ2n) is 7.79. The summed E-state index contributed by atoms with van der Waals surface area (Å²) in [6.45, 7) is 9.08. The van der Waals surface area contributed by atoms with Crippen molar-refractivity contribution in [2.45, 2.75) is 53.5 Å². The van der Waals surface area contributed by atoms with E-state index in [1.165, 1.54) is 0 Å². The van der Waals surface area contributed by atoms with Crippen molar-refractivity contribution in [2.24, 2.45) is 5.92 Å². The van der Waals surface area contributed by atoms with E-state index in [9.17, 15) is 19.5 Å². The Balaban J connectivity index is 1.93. The quantitative estimate of drug-likeness (QED) is 0.613. The van der Waals surface area contributed by atoms with Gasteiger partial charge in [-0.1, -0.05) is 13.8 Å². The highest BCUT2D eigenvalue weighted by Gasteiger charge is 2.24. The number of carbonyl (C=O) groups is 2. The third kappa shape index (κ3) is 3.77. The standard InChI is InChI=1S/C22H25NO6/c1-10(2)18(21(25)26)23-17(24)7-6-14-12(4)16-8-15-11(3)9-28-19(15)13(5)20(16)29-22(14)27/h8-10,18H,6-7H2,1-5H3,(H,23,24)(H,25,26)/t18-/m0/s1. The molecular weight excluding hydrogens is 374 g/mol. The summed E-state index contributed by atoms with van der Waals surface area (Å²) in [5, 5.41) is 13.5. The summed E-state index contributed by atoms with van der Waals surface area (Å²) in [6, 6.07) is 0.981. The largest absolute Gasteiger partial charge is 0.480 e. The highest BCUT2D eigenvalue weighted by molar-refractivity contribution is 5.99. The van der Waals surface area contributed by atoms with Gasteiger partial charge in [0.15, 0.2) is 0 Å². The smallest absolute Gasteiger partial charge is 0.339 e. The Bertz CT molecular complexity index is 1170. The minimum atomic E-state index is -1.08. The zero-order valence-corrected chi connectivity index (χ0v) is 17.2. The van der Waals surface area contributed by atoms with Crippen molar-refractivity contribution in [2.75, 3.05) is 0 Å². The number of rotatable bonds is 6. The van der Waals surface area contributed by atoms with E-state index in [0.717, 1.165) is 27.5 Å². The molecule has 3 rings (SSSR count). The number of aryl methyl sites for hydroxylation is 3. The molecule has 0 fully saturated rings. The number of aliphatic carboxylic acids is 1. The van der Waals surface area contributed by atoms with E-state index in [1.54, 1.807) is 20.1 Å². The lowest BCUT2D eigenvalue weighted by molar-refractivity contribution is -0.143. The molecule has 2 aromatic heterocycles. The van der Waals surface area contributed by atoms with Gasteiger partial charge in [-0.25, -0.2) is 9.59 Å². The van der Waals surface area contributed by atoms with Crippen molar-refractivity contribution in [3.8, 4) is 0 Å². The van der Waals surface area contributed by atoms with Crippen LogP contribution < -0.4 is 10.9 Å². The fraction of sp³-hybridized carbons (Fsp3) is 0.409. The maximum atomic E-state index is 12.6. The van der Waals surface area contributed by atoms with E-state index in [1.807, 2.05) is 26.8 Å². The summed E-state index contributed by atoms with van der Waals surface area (Å²) in [5.74, 6) is -1.74. The van der Waals surface area contributed by atoms with Gasteiger partial charge in [-0.3, -0.25) is 4.79 Å². The molecule has 7 nitrogen and oxygen atoms in total. The Hall–Kier alpha value is -3.09. The number of nitrogens with one attached hydrogen (secondary N) is 1. The molecule has 3 aromatic rings. The zero-order valence-electron chi connectivity index (χ0n) is 17.2. The average Bonchev–Trinajstić information content (AvgIpc) is 3.01. The Morgan fingerprint density at radius 2 is 1.79 bits per heavy atom. The maximum Gasteiger partial charge on any atom is 0.339 e. The Labute approximate surface area is 167 Å². The molecule has 0 saturated heterocycles. The maximum absolute atomic E-state index is 12.6. The van der Waals surface area contributed by atoms with Crippen LogP contribution in [0.3, 0.4) is 0 Å². The molecule has 0 aliphatic carbocycles. The first-order valence-electron chi connectivity index (χ1n) is 9.57. The second kappa shape index (κ2) is 7.73. The number of amides is 1. The topological polar surface area (TPSA) is 110 Å². The predicted octanol–water partition coefficient (Wildman–Crippen LogP) is 3.62. The van der Waals surface area contributed by atoms with Gasteiger partial charge >= 0.3 is 11.6 Å². The number of carboxylic acids is 1. The fourth-order valence-corrected chi connectivity index (χ4v) is 3.61. The molecule has 2 N–H and O–H groups in total. The average molecular weight is 399 g/mol. The van der Waals surface area contributed by atoms with E-state index >= 15 is 0 Å². The first-order chi connectivity index (χ1) is 13.6. The van der Waals surface area contributed by atoms with E-state index in [-0.39, 0.29) is 18.8 Å². The monoisotopic (exact) mass is 399 g/mol. The molecular formula is C22H25NO6. The van der Waals surface area contributed by atoms with Crippen LogP contribution in [0.5, 0.6) is 0 Å². The van der Waals surface area contributed by atoms with Crippen molar-refractivity contribution >= 4 is 33.8 Å². The van der Waals surface area contributed by atoms with Crippen LogP contribution >= 0.6 is 0 Å². The van der Waals surface area contributed by atoms with Crippen LogP contribution in [0.25, 0.3) is 21.9 Å². The van der Waals surface area contributed by atoms with Gasteiger partial charge in [0.25, 0.3) is 0 Å². The van der Waals surface area contributed by atoms with Crippen molar-refractivity contribution in [1.29, 1.82) is 0 Å². The predicted molar refractivity (Wildman–Crippen MR) is 109 cm³/mol. The third-order valence-corrected chi connectivity index (χ3v) is 5.39. The molecule has 1 aromatic carbocycles. The van der Waals surface area contributed by atoms with Crippen molar-refractivity contribution in [3.63, 3.8) is 0 Å². The molecule has 0 spiro atoms. The normalized spacial score (nSPS) is 12.6. The number of hydrogen-bond acceptors (Lipinski definition) is 5. The van der Waals surface area contributed by atoms with Gasteiger partial charge in [-0.15, -0.1) is 0 Å². The molecule has 29 heavy (non-hydrogen) atoms. The van der Waals surface area contributed by atoms with Gasteiger partial charge in [-0.2, -0.15) is 0 Å². The second-order valence-corrected chi connectivity index (χ2v) is 7.79. The van der Waals surface area contributed by atoms with E-state index < -0.39 is 23.5 Å². The first kappa shape index (κ1) is 20.6. The number of fused-ring (bicyclic) bond motifs is 2. The van der Waals surface area contributed by atoms with Crippen LogP contribution in [-0.2, 0) is 16.0 Å². The molecule has 0 aliphatic heterocycles. The van der Waals surface area contributed by atoms with Crippen molar-refractivity contribution in [3.05, 3.63) is 45.0 Å². The summed E-state index contributed by atoms with van der Waals surface area (Å²) in [4.78, 5) is 36.1. The highest BCUT2D eigenvalue weighted by Crippen LogP contribution is 2.32. The van der Waals surface area contributed by atoms with Crippen LogP contribution in [0.2, 0.25) is 0 Å². The van der Waals surface area contributed by atoms with Crippen LogP contribution in [-0.4, -0.2) is 23.0 Å². The Kier molecular flexibility index (Phi) is 5.50. The minimum Gasteiger partial charge on any atom is -0.480 e. The van der Waals surface area contributed by atoms with Crippen LogP contribution in [0.1, 0.15) is 42.5 Å². The summed E-state index contributed by atoms with van der Waals surface area (Å²) < 4.78 is 11.2. The first-order valence-corrected chi connectivity index (χ1v) is 9.57. The van der Waals surface area contributed by atoms with Gasteiger partial charge in [0.05, 0.1) is 6.26 Å². The summed E-state index contributed by atoms with van der Waals surface area (Å²) in [5.41, 5.74) is 3.61. The van der Waals surface area contributed by atoms with Gasteiger partial charge in [0.2, 0.25) is 5.91 Å². The summed E-state index contributed by atoms with van der Waals surface area (Å²) in [6.07, 6.45) is 1.84. The molecule has 0 aliphatic rings. The molecule has 2 heterocycles. The summed E-state index contributed by atoms with van der Waals surface area (Å²) in [7, 11) is 0. The van der Waals surface area contributed by atoms with E-state index in [4.69, 9.17) is 8.83 Å². The fourth-order valence-electron chi connectivity index (χ4n) is 3.61. The van der Waals surface area contributed by atoms with Crippen LogP contribution in [0, 0.1) is 26.7 Å². The van der Waals surface area contributed by atoms with Crippen LogP contribution in [0.4, 0.5) is 0 Å². The SMILES string of the molecule is Cc1coc2c(C)c3oc(=O)c(CCC(=O)N[C@H](C(=O)O)C(C)C)c(C)c3cc12. The molecule has 0 bridgehead atoms. The van der Waals surface area contributed by atoms with Gasteiger partial charge in [0.1, 0.15) is 17.2 Å². The van der Waals surface area contributed by atoms with Gasteiger partial charge < -0.3 is 19.3 Å². The van der Waals surface area contributed by atoms with E-state index in [2.05, 4.69) is 5.32 Å². The molecule has 0 radical (unpaired) electrons. The van der Waals surface area contributed by atoms with Crippen LogP contribution in [0.15, 0.2) is 26.0 Å². The number of furan rings is 1. The Morgan fingerprint density at radius 1 is 1.10 bits per heavy atom. The lowest BCUT2D eigenvalue weighted by atomic mass is 9.98. The minimum absolute atomic E-state index is 0.000425. The third-order valence-electron chi connectivity index (χ3n) is 5.39. The van der Waals surface area contributed by atoms with E-state index in [0.29, 0.717) is 16.7 Å². The number of carboxylic acid groups (broad SMARTS) is 1. The number of hydrogen-bond donors (Lipinski definition) is 2. The van der Waals surface area contributed by atoms with Crippen molar-refractivity contribution in [1.82, 2.24) is 5.32 Å². The van der Waals surface area contributed by atoms with Gasteiger partial charge in [0, 0.05) is 28.3 Å².